The van der Waals surface area contributed by atoms with Gasteiger partial charge in [0.2, 0.25) is 0 Å². The Hall–Kier alpha value is -1.10. The molecule has 0 aromatic heterocycles. The van der Waals surface area contributed by atoms with Crippen molar-refractivity contribution >= 4 is 0 Å². The quantitative estimate of drug-likeness (QED) is 0.764. The van der Waals surface area contributed by atoms with E-state index in [0.717, 1.165) is 12.3 Å². The van der Waals surface area contributed by atoms with Gasteiger partial charge in [0.1, 0.15) is 5.75 Å². The van der Waals surface area contributed by atoms with Crippen molar-refractivity contribution in [2.75, 3.05) is 33.9 Å². The summed E-state index contributed by atoms with van der Waals surface area (Å²) < 4.78 is 5.11. The van der Waals surface area contributed by atoms with Gasteiger partial charge in [-0.2, -0.15) is 0 Å². The van der Waals surface area contributed by atoms with Crippen molar-refractivity contribution in [1.29, 1.82) is 0 Å². The lowest BCUT2D eigenvalue weighted by Gasteiger charge is -2.30. The first kappa shape index (κ1) is 15.0. The molecular weight excluding hydrogens is 230 g/mol. The largest absolute Gasteiger partial charge is 0.497 e. The van der Waals surface area contributed by atoms with Crippen molar-refractivity contribution in [2.45, 2.75) is 13.5 Å². The topological polar surface area (TPSA) is 52.9 Å². The van der Waals surface area contributed by atoms with Crippen molar-refractivity contribution in [2.24, 2.45) is 5.41 Å². The number of aliphatic hydroxyl groups is 2. The highest BCUT2D eigenvalue weighted by Gasteiger charge is 2.24. The van der Waals surface area contributed by atoms with Gasteiger partial charge in [-0.25, -0.2) is 0 Å². The maximum atomic E-state index is 9.27. The smallest absolute Gasteiger partial charge is 0.118 e. The summed E-state index contributed by atoms with van der Waals surface area (Å²) in [5.74, 6) is 0.844. The molecule has 0 aliphatic carbocycles. The van der Waals surface area contributed by atoms with E-state index in [2.05, 4.69) is 4.90 Å². The second-order valence-corrected chi connectivity index (χ2v) is 5.15. The molecule has 1 aromatic rings. The van der Waals surface area contributed by atoms with Gasteiger partial charge in [0, 0.05) is 18.5 Å². The Labute approximate surface area is 109 Å². The summed E-state index contributed by atoms with van der Waals surface area (Å²) in [6.07, 6.45) is 0. The molecule has 0 saturated carbocycles. The lowest BCUT2D eigenvalue weighted by atomic mass is 9.92. The average Bonchev–Trinajstić information content (AvgIpc) is 2.39. The van der Waals surface area contributed by atoms with Crippen molar-refractivity contribution in [3.05, 3.63) is 29.8 Å². The predicted octanol–water partition coefficient (Wildman–Crippen LogP) is 1.12. The summed E-state index contributed by atoms with van der Waals surface area (Å²) in [4.78, 5) is 2.09. The van der Waals surface area contributed by atoms with Gasteiger partial charge in [-0.3, -0.25) is 0 Å². The number of methoxy groups -OCH3 is 1. The molecule has 0 radical (unpaired) electrons. The molecule has 0 fully saturated rings. The number of rotatable bonds is 7. The van der Waals surface area contributed by atoms with Gasteiger partial charge in [0.05, 0.1) is 20.3 Å². The third-order valence-electron chi connectivity index (χ3n) is 3.03. The molecule has 1 aromatic carbocycles. The zero-order chi connectivity index (χ0) is 13.6. The minimum atomic E-state index is -0.457. The minimum Gasteiger partial charge on any atom is -0.497 e. The first-order valence-electron chi connectivity index (χ1n) is 6.06. The third kappa shape index (κ3) is 4.29. The fourth-order valence-electron chi connectivity index (χ4n) is 1.90. The van der Waals surface area contributed by atoms with Crippen molar-refractivity contribution in [3.8, 4) is 5.75 Å². The minimum absolute atomic E-state index is 0.0174. The van der Waals surface area contributed by atoms with Crippen LogP contribution >= 0.6 is 0 Å². The van der Waals surface area contributed by atoms with Crippen LogP contribution in [0.2, 0.25) is 0 Å². The van der Waals surface area contributed by atoms with Gasteiger partial charge < -0.3 is 19.8 Å². The molecule has 0 saturated heterocycles. The van der Waals surface area contributed by atoms with E-state index in [4.69, 9.17) is 4.74 Å². The third-order valence-corrected chi connectivity index (χ3v) is 3.03. The number of aliphatic hydroxyl groups excluding tert-OH is 2. The standard InChI is InChI=1S/C14H23NO3/c1-14(10-16,11-17)9-15(2)8-12-4-6-13(18-3)7-5-12/h4-7,16-17H,8-11H2,1-3H3. The van der Waals surface area contributed by atoms with Crippen molar-refractivity contribution < 1.29 is 14.9 Å². The van der Waals surface area contributed by atoms with E-state index >= 15 is 0 Å². The highest BCUT2D eigenvalue weighted by Crippen LogP contribution is 2.18. The van der Waals surface area contributed by atoms with Crippen LogP contribution in [-0.4, -0.2) is 49.0 Å². The van der Waals surface area contributed by atoms with Gasteiger partial charge in [-0.15, -0.1) is 0 Å². The molecule has 1 rings (SSSR count). The average molecular weight is 253 g/mol. The molecule has 4 nitrogen and oxygen atoms in total. The van der Waals surface area contributed by atoms with Crippen molar-refractivity contribution in [3.63, 3.8) is 0 Å². The van der Waals surface area contributed by atoms with Gasteiger partial charge in [-0.05, 0) is 24.7 Å². The highest BCUT2D eigenvalue weighted by molar-refractivity contribution is 5.27. The lowest BCUT2D eigenvalue weighted by molar-refractivity contribution is 0.0402. The first-order valence-corrected chi connectivity index (χ1v) is 6.06. The maximum absolute atomic E-state index is 9.27. The molecule has 0 unspecified atom stereocenters. The Bertz CT molecular complexity index is 347. The van der Waals surface area contributed by atoms with Crippen LogP contribution in [0.3, 0.4) is 0 Å². The van der Waals surface area contributed by atoms with Gasteiger partial charge in [0.15, 0.2) is 0 Å². The van der Waals surface area contributed by atoms with Crippen LogP contribution in [0.1, 0.15) is 12.5 Å². The van der Waals surface area contributed by atoms with E-state index in [1.807, 2.05) is 38.2 Å². The number of hydrogen-bond acceptors (Lipinski definition) is 4. The van der Waals surface area contributed by atoms with Crippen LogP contribution in [0.15, 0.2) is 24.3 Å². The number of nitrogens with zero attached hydrogens (tertiary/aromatic N) is 1. The van der Waals surface area contributed by atoms with E-state index in [0.29, 0.717) is 6.54 Å². The highest BCUT2D eigenvalue weighted by atomic mass is 16.5. The van der Waals surface area contributed by atoms with Crippen molar-refractivity contribution in [1.82, 2.24) is 4.90 Å². The van der Waals surface area contributed by atoms with Gasteiger partial charge in [0.25, 0.3) is 0 Å². The molecule has 102 valence electrons. The summed E-state index contributed by atoms with van der Waals surface area (Å²) in [6, 6.07) is 7.90. The van der Waals surface area contributed by atoms with Crippen LogP contribution in [0, 0.1) is 5.41 Å². The Morgan fingerprint density at radius 2 is 1.72 bits per heavy atom. The van der Waals surface area contributed by atoms with Crippen LogP contribution < -0.4 is 4.74 Å². The van der Waals surface area contributed by atoms with Gasteiger partial charge in [-0.1, -0.05) is 19.1 Å². The summed E-state index contributed by atoms with van der Waals surface area (Å²) in [5.41, 5.74) is 0.720. The molecule has 0 amide bonds. The normalized spacial score (nSPS) is 11.9. The first-order chi connectivity index (χ1) is 8.53. The van der Waals surface area contributed by atoms with Crippen LogP contribution in [0.5, 0.6) is 5.75 Å². The number of hydrogen-bond donors (Lipinski definition) is 2. The second kappa shape index (κ2) is 6.73. The summed E-state index contributed by atoms with van der Waals surface area (Å²) in [7, 11) is 3.63. The van der Waals surface area contributed by atoms with Gasteiger partial charge >= 0.3 is 0 Å². The SMILES string of the molecule is COc1ccc(CN(C)CC(C)(CO)CO)cc1. The zero-order valence-electron chi connectivity index (χ0n) is 11.4. The monoisotopic (exact) mass is 253 g/mol. The summed E-state index contributed by atoms with van der Waals surface area (Å²) in [5, 5.41) is 18.5. The molecule has 18 heavy (non-hydrogen) atoms. The number of ether oxygens (including phenoxy) is 1. The Kier molecular flexibility index (Phi) is 5.59. The molecule has 2 N–H and O–H groups in total. The van der Waals surface area contributed by atoms with Crippen LogP contribution in [-0.2, 0) is 6.54 Å². The molecule has 0 aliphatic rings. The van der Waals surface area contributed by atoms with E-state index in [-0.39, 0.29) is 13.2 Å². The van der Waals surface area contributed by atoms with E-state index in [1.54, 1.807) is 7.11 Å². The fourth-order valence-corrected chi connectivity index (χ4v) is 1.90. The fraction of sp³-hybridized carbons (Fsp3) is 0.571. The summed E-state index contributed by atoms with van der Waals surface area (Å²) in [6.45, 7) is 3.26. The molecule has 0 heterocycles. The van der Waals surface area contributed by atoms with E-state index in [9.17, 15) is 10.2 Å². The molecule has 4 heteroatoms. The molecule has 0 spiro atoms. The molecular formula is C14H23NO3. The zero-order valence-corrected chi connectivity index (χ0v) is 11.4. The Balaban J connectivity index is 2.55. The molecule has 0 aliphatic heterocycles. The van der Waals surface area contributed by atoms with Crippen LogP contribution in [0.25, 0.3) is 0 Å². The molecule has 0 atom stereocenters. The van der Waals surface area contributed by atoms with Crippen LogP contribution in [0.4, 0.5) is 0 Å². The lowest BCUT2D eigenvalue weighted by Crippen LogP contribution is -2.38. The van der Waals surface area contributed by atoms with E-state index < -0.39 is 5.41 Å². The van der Waals surface area contributed by atoms with E-state index in [1.165, 1.54) is 5.56 Å². The number of benzene rings is 1. The Morgan fingerprint density at radius 1 is 1.17 bits per heavy atom. The predicted molar refractivity (Wildman–Crippen MR) is 71.6 cm³/mol. The molecule has 0 bridgehead atoms. The summed E-state index contributed by atoms with van der Waals surface area (Å²) >= 11 is 0. The Morgan fingerprint density at radius 3 is 2.17 bits per heavy atom. The maximum Gasteiger partial charge on any atom is 0.118 e. The second-order valence-electron chi connectivity index (χ2n) is 5.15.